The number of halogens is 2. The van der Waals surface area contributed by atoms with Crippen LogP contribution in [0.15, 0.2) is 17.0 Å². The van der Waals surface area contributed by atoms with Crippen molar-refractivity contribution in [2.24, 2.45) is 5.92 Å². The van der Waals surface area contributed by atoms with Crippen LogP contribution in [-0.2, 0) is 4.79 Å². The van der Waals surface area contributed by atoms with Crippen LogP contribution in [0.4, 0.5) is 10.2 Å². The third kappa shape index (κ3) is 2.95. The van der Waals surface area contributed by atoms with Gasteiger partial charge in [0.2, 0.25) is 0 Å². The van der Waals surface area contributed by atoms with Gasteiger partial charge in [-0.15, -0.1) is 0 Å². The van der Waals surface area contributed by atoms with Crippen molar-refractivity contribution >= 4 is 27.7 Å². The summed E-state index contributed by atoms with van der Waals surface area (Å²) in [6.07, 6.45) is 3.64. The third-order valence-electron chi connectivity index (χ3n) is 3.14. The Labute approximate surface area is 112 Å². The number of anilines is 1. The molecule has 2 N–H and O–H groups in total. The van der Waals surface area contributed by atoms with E-state index in [0.29, 0.717) is 16.7 Å². The number of carboxylic acid groups (broad SMARTS) is 1. The maximum absolute atomic E-state index is 14.4. The lowest BCUT2D eigenvalue weighted by Gasteiger charge is -2.20. The second kappa shape index (κ2) is 5.17. The Kier molecular flexibility index (Phi) is 3.79. The lowest BCUT2D eigenvalue weighted by atomic mass is 10.0. The maximum atomic E-state index is 14.4. The number of rotatable bonds is 4. The SMILES string of the molecule is O=C(O)[C@@H]1CC[C@](F)(CNc2ncncc2Br)C1. The number of carboxylic acids is 1. The van der Waals surface area contributed by atoms with Gasteiger partial charge in [0.15, 0.2) is 0 Å². The van der Waals surface area contributed by atoms with Crippen LogP contribution in [0.1, 0.15) is 19.3 Å². The minimum Gasteiger partial charge on any atom is -0.481 e. The number of aromatic nitrogens is 2. The van der Waals surface area contributed by atoms with E-state index in [0.717, 1.165) is 0 Å². The molecule has 0 bridgehead atoms. The molecule has 1 aliphatic rings. The second-order valence-electron chi connectivity index (χ2n) is 4.50. The van der Waals surface area contributed by atoms with E-state index in [1.54, 1.807) is 6.20 Å². The first kappa shape index (κ1) is 13.2. The fourth-order valence-corrected chi connectivity index (χ4v) is 2.50. The average Bonchev–Trinajstić information content (AvgIpc) is 2.72. The average molecular weight is 318 g/mol. The van der Waals surface area contributed by atoms with Crippen molar-refractivity contribution in [2.45, 2.75) is 24.9 Å². The first-order valence-electron chi connectivity index (χ1n) is 5.61. The van der Waals surface area contributed by atoms with Crippen LogP contribution in [0.3, 0.4) is 0 Å². The number of hydrogen-bond donors (Lipinski definition) is 2. The van der Waals surface area contributed by atoms with Crippen molar-refractivity contribution < 1.29 is 14.3 Å². The number of nitrogens with one attached hydrogen (secondary N) is 1. The van der Waals surface area contributed by atoms with Gasteiger partial charge in [0.1, 0.15) is 17.8 Å². The van der Waals surface area contributed by atoms with Gasteiger partial charge in [0.05, 0.1) is 16.9 Å². The lowest BCUT2D eigenvalue weighted by Crippen LogP contribution is -2.30. The molecule has 18 heavy (non-hydrogen) atoms. The van der Waals surface area contributed by atoms with E-state index >= 15 is 0 Å². The normalized spacial score (nSPS) is 27.1. The highest BCUT2D eigenvalue weighted by Gasteiger charge is 2.42. The van der Waals surface area contributed by atoms with Crippen molar-refractivity contribution in [1.29, 1.82) is 0 Å². The van der Waals surface area contributed by atoms with E-state index in [1.165, 1.54) is 6.33 Å². The standard InChI is InChI=1S/C11H13BrFN3O2/c12-8-4-14-6-16-9(8)15-5-11(13)2-1-7(3-11)10(17)18/h4,6-7H,1-3,5H2,(H,17,18)(H,14,15,16)/t7-,11-/m1/s1. The first-order chi connectivity index (χ1) is 8.50. The highest BCUT2D eigenvalue weighted by atomic mass is 79.9. The molecule has 1 heterocycles. The summed E-state index contributed by atoms with van der Waals surface area (Å²) in [5, 5.41) is 11.7. The lowest BCUT2D eigenvalue weighted by molar-refractivity contribution is -0.141. The number of carbonyl (C=O) groups is 1. The molecule has 0 amide bonds. The van der Waals surface area contributed by atoms with Gasteiger partial charge < -0.3 is 10.4 Å². The molecule has 2 atom stereocenters. The van der Waals surface area contributed by atoms with Crippen LogP contribution >= 0.6 is 15.9 Å². The molecule has 1 aromatic rings. The Morgan fingerprint density at radius 3 is 3.11 bits per heavy atom. The Balaban J connectivity index is 1.95. The molecule has 0 radical (unpaired) electrons. The quantitative estimate of drug-likeness (QED) is 0.890. The van der Waals surface area contributed by atoms with Gasteiger partial charge in [-0.2, -0.15) is 0 Å². The molecular weight excluding hydrogens is 305 g/mol. The zero-order valence-electron chi connectivity index (χ0n) is 9.57. The number of aliphatic carboxylic acids is 1. The van der Waals surface area contributed by atoms with Gasteiger partial charge in [-0.3, -0.25) is 4.79 Å². The van der Waals surface area contributed by atoms with Gasteiger partial charge in [-0.1, -0.05) is 0 Å². The van der Waals surface area contributed by atoms with Crippen LogP contribution in [0.2, 0.25) is 0 Å². The molecule has 7 heteroatoms. The molecule has 1 aliphatic carbocycles. The van der Waals surface area contributed by atoms with E-state index in [1.807, 2.05) is 0 Å². The smallest absolute Gasteiger partial charge is 0.306 e. The van der Waals surface area contributed by atoms with Gasteiger partial charge >= 0.3 is 5.97 Å². The summed E-state index contributed by atoms with van der Waals surface area (Å²) in [6, 6.07) is 0. The fraction of sp³-hybridized carbons (Fsp3) is 0.545. The summed E-state index contributed by atoms with van der Waals surface area (Å²) in [4.78, 5) is 18.6. The summed E-state index contributed by atoms with van der Waals surface area (Å²) >= 11 is 3.25. The van der Waals surface area contributed by atoms with E-state index in [4.69, 9.17) is 5.11 Å². The van der Waals surface area contributed by atoms with Crippen molar-refractivity contribution in [1.82, 2.24) is 9.97 Å². The molecule has 0 aromatic carbocycles. The zero-order valence-corrected chi connectivity index (χ0v) is 11.2. The van der Waals surface area contributed by atoms with Gasteiger partial charge in [0.25, 0.3) is 0 Å². The predicted octanol–water partition coefficient (Wildman–Crippen LogP) is 2.24. The summed E-state index contributed by atoms with van der Waals surface area (Å²) in [5.74, 6) is -0.982. The molecule has 0 spiro atoms. The Bertz CT molecular complexity index is 460. The van der Waals surface area contributed by atoms with Crippen LogP contribution in [0.5, 0.6) is 0 Å². The molecule has 2 rings (SSSR count). The van der Waals surface area contributed by atoms with Crippen LogP contribution in [0, 0.1) is 5.92 Å². The Hall–Kier alpha value is -1.24. The Morgan fingerprint density at radius 2 is 2.50 bits per heavy atom. The van der Waals surface area contributed by atoms with Crippen LogP contribution < -0.4 is 5.32 Å². The van der Waals surface area contributed by atoms with Crippen molar-refractivity contribution in [3.8, 4) is 0 Å². The molecule has 1 fully saturated rings. The maximum Gasteiger partial charge on any atom is 0.306 e. The topological polar surface area (TPSA) is 75.1 Å². The van der Waals surface area contributed by atoms with Crippen LogP contribution in [0.25, 0.3) is 0 Å². The minimum absolute atomic E-state index is 0.0536. The summed E-state index contributed by atoms with van der Waals surface area (Å²) in [6.45, 7) is 0.0619. The molecule has 5 nitrogen and oxygen atoms in total. The number of nitrogens with zero attached hydrogens (tertiary/aromatic N) is 2. The highest BCUT2D eigenvalue weighted by Crippen LogP contribution is 2.38. The molecule has 0 saturated heterocycles. The summed E-state index contributed by atoms with van der Waals surface area (Å²) in [5.41, 5.74) is -1.48. The number of alkyl halides is 1. The largest absolute Gasteiger partial charge is 0.481 e. The van der Waals surface area contributed by atoms with E-state index in [2.05, 4.69) is 31.2 Å². The predicted molar refractivity (Wildman–Crippen MR) is 67.0 cm³/mol. The second-order valence-corrected chi connectivity index (χ2v) is 5.36. The molecule has 98 valence electrons. The molecular formula is C11H13BrFN3O2. The van der Waals surface area contributed by atoms with Crippen molar-refractivity contribution in [3.63, 3.8) is 0 Å². The zero-order chi connectivity index (χ0) is 13.2. The monoisotopic (exact) mass is 317 g/mol. The molecule has 0 aliphatic heterocycles. The summed E-state index contributed by atoms with van der Waals surface area (Å²) in [7, 11) is 0. The van der Waals surface area contributed by atoms with Gasteiger partial charge in [0, 0.05) is 6.20 Å². The molecule has 1 saturated carbocycles. The van der Waals surface area contributed by atoms with Gasteiger partial charge in [-0.05, 0) is 35.2 Å². The molecule has 1 aromatic heterocycles. The van der Waals surface area contributed by atoms with E-state index in [9.17, 15) is 9.18 Å². The van der Waals surface area contributed by atoms with E-state index in [-0.39, 0.29) is 19.4 Å². The number of hydrogen-bond acceptors (Lipinski definition) is 4. The third-order valence-corrected chi connectivity index (χ3v) is 3.72. The van der Waals surface area contributed by atoms with Crippen LogP contribution in [-0.4, -0.2) is 33.3 Å². The fourth-order valence-electron chi connectivity index (χ4n) is 2.13. The van der Waals surface area contributed by atoms with E-state index < -0.39 is 17.6 Å². The van der Waals surface area contributed by atoms with Crippen molar-refractivity contribution in [3.05, 3.63) is 17.0 Å². The van der Waals surface area contributed by atoms with Gasteiger partial charge in [-0.25, -0.2) is 14.4 Å². The molecule has 0 unspecified atom stereocenters. The minimum atomic E-state index is -1.48. The first-order valence-corrected chi connectivity index (χ1v) is 6.40. The summed E-state index contributed by atoms with van der Waals surface area (Å²) < 4.78 is 15.0. The highest BCUT2D eigenvalue weighted by molar-refractivity contribution is 9.10. The van der Waals surface area contributed by atoms with Crippen molar-refractivity contribution in [2.75, 3.05) is 11.9 Å². The Morgan fingerprint density at radius 1 is 1.72 bits per heavy atom.